The van der Waals surface area contributed by atoms with E-state index in [1.54, 1.807) is 12.4 Å². The van der Waals surface area contributed by atoms with Gasteiger partial charge in [-0.2, -0.15) is 4.98 Å². The molecule has 0 bridgehead atoms. The van der Waals surface area contributed by atoms with Gasteiger partial charge in [0.2, 0.25) is 17.6 Å². The second-order valence-electron chi connectivity index (χ2n) is 8.46. The van der Waals surface area contributed by atoms with Crippen molar-refractivity contribution in [3.8, 4) is 11.4 Å². The number of hydrogen-bond acceptors (Lipinski definition) is 8. The molecule has 1 atom stereocenters. The maximum atomic E-state index is 12.9. The average molecular weight is 449 g/mol. The molecule has 2 aromatic heterocycles. The van der Waals surface area contributed by atoms with Crippen molar-refractivity contribution < 1.29 is 14.1 Å². The predicted octanol–water partition coefficient (Wildman–Crippen LogP) is 2.82. The maximum Gasteiger partial charge on any atom is 0.241 e. The van der Waals surface area contributed by atoms with Crippen molar-refractivity contribution >= 4 is 17.3 Å². The number of carbonyl (C=O) groups excluding carboxylic acids is 1. The van der Waals surface area contributed by atoms with Crippen molar-refractivity contribution in [3.63, 3.8) is 0 Å². The number of amides is 1. The van der Waals surface area contributed by atoms with Crippen LogP contribution >= 0.6 is 0 Å². The number of anilines is 2. The average Bonchev–Trinajstić information content (AvgIpc) is 3.34. The highest BCUT2D eigenvalue weighted by Crippen LogP contribution is 2.23. The Bertz CT molecular complexity index is 1050. The fourth-order valence-corrected chi connectivity index (χ4v) is 4.36. The zero-order valence-electron chi connectivity index (χ0n) is 18.5. The fourth-order valence-electron chi connectivity index (χ4n) is 4.36. The van der Waals surface area contributed by atoms with Crippen LogP contribution in [0.25, 0.3) is 11.4 Å². The number of nitrogens with zero attached hydrogens (tertiary/aromatic N) is 5. The van der Waals surface area contributed by atoms with Crippen molar-refractivity contribution in [2.45, 2.75) is 19.4 Å². The van der Waals surface area contributed by atoms with Crippen LogP contribution in [0.15, 0.2) is 53.3 Å². The Morgan fingerprint density at radius 1 is 1.12 bits per heavy atom. The number of ether oxygens (including phenoxy) is 1. The second kappa shape index (κ2) is 10.1. The third-order valence-corrected chi connectivity index (χ3v) is 6.13. The summed E-state index contributed by atoms with van der Waals surface area (Å²) < 4.78 is 10.8. The van der Waals surface area contributed by atoms with Gasteiger partial charge in [0.15, 0.2) is 0 Å². The van der Waals surface area contributed by atoms with Gasteiger partial charge in [-0.1, -0.05) is 5.16 Å². The van der Waals surface area contributed by atoms with Crippen LogP contribution in [0.3, 0.4) is 0 Å². The van der Waals surface area contributed by atoms with Gasteiger partial charge in [-0.25, -0.2) is 0 Å². The van der Waals surface area contributed by atoms with Crippen molar-refractivity contribution in [1.29, 1.82) is 0 Å². The van der Waals surface area contributed by atoms with Crippen molar-refractivity contribution in [1.82, 2.24) is 20.0 Å². The van der Waals surface area contributed by atoms with Crippen LogP contribution in [0, 0.1) is 5.92 Å². The fraction of sp³-hybridized carbons (Fsp3) is 0.417. The van der Waals surface area contributed by atoms with Crippen LogP contribution in [0.5, 0.6) is 0 Å². The van der Waals surface area contributed by atoms with Crippen molar-refractivity contribution in [2.24, 2.45) is 5.92 Å². The quantitative estimate of drug-likeness (QED) is 0.615. The van der Waals surface area contributed by atoms with E-state index in [-0.39, 0.29) is 11.8 Å². The third kappa shape index (κ3) is 5.37. The molecule has 0 saturated carbocycles. The molecule has 1 N–H and O–H groups in total. The molecule has 172 valence electrons. The first-order chi connectivity index (χ1) is 16.2. The lowest BCUT2D eigenvalue weighted by molar-refractivity contribution is -0.121. The number of morpholine rings is 1. The zero-order valence-corrected chi connectivity index (χ0v) is 18.5. The van der Waals surface area contributed by atoms with E-state index in [0.29, 0.717) is 24.8 Å². The maximum absolute atomic E-state index is 12.9. The van der Waals surface area contributed by atoms with Gasteiger partial charge in [0.25, 0.3) is 0 Å². The van der Waals surface area contributed by atoms with E-state index in [1.165, 1.54) is 0 Å². The Morgan fingerprint density at radius 3 is 2.76 bits per heavy atom. The number of hydrogen-bond donors (Lipinski definition) is 1. The van der Waals surface area contributed by atoms with E-state index in [2.05, 4.69) is 42.4 Å². The summed E-state index contributed by atoms with van der Waals surface area (Å²) >= 11 is 0. The predicted molar refractivity (Wildman–Crippen MR) is 124 cm³/mol. The van der Waals surface area contributed by atoms with E-state index < -0.39 is 0 Å². The topological polar surface area (TPSA) is 96.6 Å². The monoisotopic (exact) mass is 448 g/mol. The summed E-state index contributed by atoms with van der Waals surface area (Å²) in [4.78, 5) is 26.0. The van der Waals surface area contributed by atoms with Crippen LogP contribution in [-0.2, 0) is 16.1 Å². The van der Waals surface area contributed by atoms with Crippen LogP contribution in [0.1, 0.15) is 18.7 Å². The number of piperidine rings is 1. The molecule has 3 aromatic rings. The summed E-state index contributed by atoms with van der Waals surface area (Å²) in [5.41, 5.74) is 2.81. The molecule has 2 saturated heterocycles. The highest BCUT2D eigenvalue weighted by Gasteiger charge is 2.27. The lowest BCUT2D eigenvalue weighted by Crippen LogP contribution is -2.40. The lowest BCUT2D eigenvalue weighted by Gasteiger charge is -2.31. The standard InChI is InChI=1S/C24H28N6O3/c31-24(26-20-5-7-21(8-6-20)30-11-13-32-14-12-30)19-4-2-10-29(16-19)17-22-27-23(28-33-22)18-3-1-9-25-15-18/h1,3,5-9,15,19H,2,4,10-14,16-17H2,(H,26,31). The van der Waals surface area contributed by atoms with E-state index >= 15 is 0 Å². The van der Waals surface area contributed by atoms with E-state index in [0.717, 1.165) is 62.6 Å². The van der Waals surface area contributed by atoms with Gasteiger partial charge in [-0.05, 0) is 55.8 Å². The Balaban J connectivity index is 1.15. The molecule has 1 unspecified atom stereocenters. The molecule has 5 rings (SSSR count). The molecule has 1 amide bonds. The Labute approximate surface area is 192 Å². The number of aromatic nitrogens is 3. The zero-order chi connectivity index (χ0) is 22.5. The third-order valence-electron chi connectivity index (χ3n) is 6.13. The highest BCUT2D eigenvalue weighted by atomic mass is 16.5. The minimum absolute atomic E-state index is 0.0559. The smallest absolute Gasteiger partial charge is 0.241 e. The summed E-state index contributed by atoms with van der Waals surface area (Å²) in [5.74, 6) is 1.07. The molecular formula is C24H28N6O3. The number of rotatable bonds is 6. The molecule has 0 spiro atoms. The Kier molecular flexibility index (Phi) is 6.59. The number of pyridine rings is 1. The number of carbonyl (C=O) groups is 1. The SMILES string of the molecule is O=C(Nc1ccc(N2CCOCC2)cc1)C1CCCN(Cc2nc(-c3cccnc3)no2)C1. The highest BCUT2D eigenvalue weighted by molar-refractivity contribution is 5.92. The van der Waals surface area contributed by atoms with Crippen molar-refractivity contribution in [3.05, 3.63) is 54.7 Å². The molecule has 2 aliphatic heterocycles. The van der Waals surface area contributed by atoms with Crippen LogP contribution < -0.4 is 10.2 Å². The van der Waals surface area contributed by atoms with Crippen LogP contribution in [0.4, 0.5) is 11.4 Å². The molecular weight excluding hydrogens is 420 g/mol. The van der Waals surface area contributed by atoms with Gasteiger partial charge in [-0.3, -0.25) is 14.7 Å². The van der Waals surface area contributed by atoms with E-state index in [4.69, 9.17) is 9.26 Å². The first-order valence-electron chi connectivity index (χ1n) is 11.4. The molecule has 0 radical (unpaired) electrons. The summed E-state index contributed by atoms with van der Waals surface area (Å²) in [7, 11) is 0. The summed E-state index contributed by atoms with van der Waals surface area (Å²) in [5, 5.41) is 7.14. The summed E-state index contributed by atoms with van der Waals surface area (Å²) in [6, 6.07) is 11.8. The van der Waals surface area contributed by atoms with Gasteiger partial charge in [0.1, 0.15) is 0 Å². The molecule has 1 aromatic carbocycles. The van der Waals surface area contributed by atoms with E-state index in [9.17, 15) is 4.79 Å². The first-order valence-corrected chi connectivity index (χ1v) is 11.4. The molecule has 9 nitrogen and oxygen atoms in total. The molecule has 2 fully saturated rings. The van der Waals surface area contributed by atoms with Gasteiger partial charge in [0.05, 0.1) is 25.7 Å². The van der Waals surface area contributed by atoms with E-state index in [1.807, 2.05) is 24.3 Å². The minimum Gasteiger partial charge on any atom is -0.378 e. The normalized spacial score (nSPS) is 19.4. The molecule has 33 heavy (non-hydrogen) atoms. The van der Waals surface area contributed by atoms with Crippen molar-refractivity contribution in [2.75, 3.05) is 49.6 Å². The number of likely N-dealkylation sites (tertiary alicyclic amines) is 1. The summed E-state index contributed by atoms with van der Waals surface area (Å²) in [6.07, 6.45) is 5.25. The molecule has 0 aliphatic carbocycles. The Hall–Kier alpha value is -3.30. The summed E-state index contributed by atoms with van der Waals surface area (Å²) in [6.45, 7) is 5.41. The van der Waals surface area contributed by atoms with Crippen LogP contribution in [-0.4, -0.2) is 65.3 Å². The second-order valence-corrected chi connectivity index (χ2v) is 8.46. The first kappa shape index (κ1) is 21.5. The lowest BCUT2D eigenvalue weighted by atomic mass is 9.97. The molecule has 4 heterocycles. The Morgan fingerprint density at radius 2 is 1.97 bits per heavy atom. The molecule has 9 heteroatoms. The largest absolute Gasteiger partial charge is 0.378 e. The molecule has 2 aliphatic rings. The minimum atomic E-state index is -0.0709. The van der Waals surface area contributed by atoms with Gasteiger partial charge in [-0.15, -0.1) is 0 Å². The van der Waals surface area contributed by atoms with Gasteiger partial charge < -0.3 is 19.5 Å². The van der Waals surface area contributed by atoms with Crippen LogP contribution in [0.2, 0.25) is 0 Å². The van der Waals surface area contributed by atoms with Gasteiger partial charge in [0, 0.05) is 49.0 Å². The number of benzene rings is 1. The number of nitrogens with one attached hydrogen (secondary N) is 1. The van der Waals surface area contributed by atoms with Gasteiger partial charge >= 0.3 is 0 Å².